The molecule has 0 amide bonds. The number of phenolic OH excluding ortho intramolecular Hbond substituents is 1. The first-order valence-electron chi connectivity index (χ1n) is 7.49. The van der Waals surface area contributed by atoms with E-state index in [0.717, 1.165) is 11.3 Å². The van der Waals surface area contributed by atoms with Crippen molar-refractivity contribution in [2.45, 2.75) is 13.3 Å². The summed E-state index contributed by atoms with van der Waals surface area (Å²) in [7, 11) is 3.11. The highest BCUT2D eigenvalue weighted by atomic mass is 16.5. The zero-order chi connectivity index (χ0) is 17.3. The number of ether oxygens (including phenoxy) is 2. The molecule has 0 atom stereocenters. The molecule has 24 heavy (non-hydrogen) atoms. The second kappa shape index (κ2) is 6.28. The third-order valence-corrected chi connectivity index (χ3v) is 4.07. The molecule has 3 rings (SSSR count). The average Bonchev–Trinajstić information content (AvgIpc) is 2.60. The molecule has 1 aromatic heterocycles. The van der Waals surface area contributed by atoms with Crippen molar-refractivity contribution in [2.75, 3.05) is 14.2 Å². The number of aromatic hydroxyl groups is 1. The van der Waals surface area contributed by atoms with Crippen molar-refractivity contribution in [2.24, 2.45) is 0 Å². The minimum absolute atomic E-state index is 0.141. The fraction of sp³-hybridized carbons (Fsp3) is 0.211. The molecule has 0 saturated heterocycles. The molecule has 0 aliphatic carbocycles. The van der Waals surface area contributed by atoms with Gasteiger partial charge in [0.1, 0.15) is 28.2 Å². The highest BCUT2D eigenvalue weighted by molar-refractivity contribution is 5.88. The van der Waals surface area contributed by atoms with E-state index >= 15 is 0 Å². The number of hydrogen-bond donors (Lipinski definition) is 1. The summed E-state index contributed by atoms with van der Waals surface area (Å²) in [5.41, 5.74) is 2.21. The highest BCUT2D eigenvalue weighted by Crippen LogP contribution is 2.33. The predicted octanol–water partition coefficient (Wildman–Crippen LogP) is 3.42. The number of phenols is 1. The Morgan fingerprint density at radius 2 is 1.83 bits per heavy atom. The maximum absolute atomic E-state index is 12.7. The Balaban J connectivity index is 2.08. The van der Waals surface area contributed by atoms with Crippen molar-refractivity contribution in [3.8, 4) is 17.2 Å². The molecule has 0 saturated carbocycles. The van der Waals surface area contributed by atoms with Gasteiger partial charge in [0.05, 0.1) is 20.5 Å². The fourth-order valence-corrected chi connectivity index (χ4v) is 2.73. The molecular formula is C19H18O5. The molecule has 0 aliphatic heterocycles. The smallest absolute Gasteiger partial charge is 0.199 e. The maximum atomic E-state index is 12.7. The standard InChI is InChI=1S/C19H18O5/c1-11-16(23-3)9-15(20)17-18(21)13(10-24-19(11)17)8-12-4-6-14(22-2)7-5-12/h4-7,9-10,20H,8H2,1-3H3. The van der Waals surface area contributed by atoms with Gasteiger partial charge in [-0.2, -0.15) is 0 Å². The van der Waals surface area contributed by atoms with Crippen LogP contribution in [0.1, 0.15) is 16.7 Å². The van der Waals surface area contributed by atoms with Crippen LogP contribution >= 0.6 is 0 Å². The van der Waals surface area contributed by atoms with Crippen molar-refractivity contribution < 1.29 is 19.0 Å². The lowest BCUT2D eigenvalue weighted by Crippen LogP contribution is -2.10. The van der Waals surface area contributed by atoms with E-state index in [2.05, 4.69) is 0 Å². The van der Waals surface area contributed by atoms with Gasteiger partial charge in [-0.05, 0) is 24.6 Å². The van der Waals surface area contributed by atoms with Crippen molar-refractivity contribution in [3.63, 3.8) is 0 Å². The van der Waals surface area contributed by atoms with Crippen LogP contribution in [0.5, 0.6) is 17.2 Å². The number of fused-ring (bicyclic) bond motifs is 1. The molecule has 0 aliphatic rings. The lowest BCUT2D eigenvalue weighted by molar-refractivity contribution is 0.404. The van der Waals surface area contributed by atoms with Crippen molar-refractivity contribution in [3.05, 3.63) is 63.5 Å². The summed E-state index contributed by atoms with van der Waals surface area (Å²) in [6.45, 7) is 1.78. The Bertz CT molecular complexity index is 939. The summed E-state index contributed by atoms with van der Waals surface area (Å²) < 4.78 is 15.9. The first kappa shape index (κ1) is 15.9. The van der Waals surface area contributed by atoms with Gasteiger partial charge in [0, 0.05) is 23.6 Å². The topological polar surface area (TPSA) is 68.9 Å². The normalized spacial score (nSPS) is 10.8. The van der Waals surface area contributed by atoms with Gasteiger partial charge >= 0.3 is 0 Å². The lowest BCUT2D eigenvalue weighted by atomic mass is 10.0. The highest BCUT2D eigenvalue weighted by Gasteiger charge is 2.16. The number of benzene rings is 2. The molecule has 1 N–H and O–H groups in total. The molecule has 5 nitrogen and oxygen atoms in total. The van der Waals surface area contributed by atoms with Crippen molar-refractivity contribution in [1.82, 2.24) is 0 Å². The molecule has 0 spiro atoms. The van der Waals surface area contributed by atoms with E-state index in [1.54, 1.807) is 14.0 Å². The molecule has 1 heterocycles. The second-order valence-corrected chi connectivity index (χ2v) is 5.54. The van der Waals surface area contributed by atoms with Gasteiger partial charge in [-0.1, -0.05) is 12.1 Å². The van der Waals surface area contributed by atoms with Crippen LogP contribution in [0.4, 0.5) is 0 Å². The minimum atomic E-state index is -0.240. The number of methoxy groups -OCH3 is 2. The summed E-state index contributed by atoms with van der Waals surface area (Å²) in [5, 5.41) is 10.4. The van der Waals surface area contributed by atoms with Crippen LogP contribution in [0.3, 0.4) is 0 Å². The third-order valence-electron chi connectivity index (χ3n) is 4.07. The zero-order valence-electron chi connectivity index (χ0n) is 13.8. The third kappa shape index (κ3) is 2.69. The first-order valence-corrected chi connectivity index (χ1v) is 7.49. The van der Waals surface area contributed by atoms with Crippen LogP contribution in [-0.2, 0) is 6.42 Å². The van der Waals surface area contributed by atoms with Gasteiger partial charge in [0.2, 0.25) is 0 Å². The molecule has 0 radical (unpaired) electrons. The molecule has 0 bridgehead atoms. The van der Waals surface area contributed by atoms with E-state index < -0.39 is 0 Å². The van der Waals surface area contributed by atoms with Gasteiger partial charge in [0.25, 0.3) is 0 Å². The summed E-state index contributed by atoms with van der Waals surface area (Å²) in [5.74, 6) is 1.09. The van der Waals surface area contributed by atoms with Crippen LogP contribution < -0.4 is 14.9 Å². The maximum Gasteiger partial charge on any atom is 0.199 e. The first-order chi connectivity index (χ1) is 11.5. The zero-order valence-corrected chi connectivity index (χ0v) is 13.8. The predicted molar refractivity (Wildman–Crippen MR) is 91.2 cm³/mol. The Morgan fingerprint density at radius 3 is 2.46 bits per heavy atom. The minimum Gasteiger partial charge on any atom is -0.507 e. The Morgan fingerprint density at radius 1 is 1.12 bits per heavy atom. The van der Waals surface area contributed by atoms with Gasteiger partial charge in [-0.3, -0.25) is 4.79 Å². The van der Waals surface area contributed by atoms with E-state index in [1.165, 1.54) is 19.4 Å². The largest absolute Gasteiger partial charge is 0.507 e. The van der Waals surface area contributed by atoms with Crippen molar-refractivity contribution >= 4 is 11.0 Å². The number of hydrogen-bond acceptors (Lipinski definition) is 5. The van der Waals surface area contributed by atoms with Crippen LogP contribution in [0, 0.1) is 6.92 Å². The van der Waals surface area contributed by atoms with Gasteiger partial charge in [0.15, 0.2) is 5.43 Å². The Hall–Kier alpha value is -2.95. The van der Waals surface area contributed by atoms with E-state index in [4.69, 9.17) is 13.9 Å². The molecule has 5 heteroatoms. The van der Waals surface area contributed by atoms with Crippen LogP contribution in [-0.4, -0.2) is 19.3 Å². The summed E-state index contributed by atoms with van der Waals surface area (Å²) in [4.78, 5) is 12.7. The monoisotopic (exact) mass is 326 g/mol. The second-order valence-electron chi connectivity index (χ2n) is 5.54. The van der Waals surface area contributed by atoms with Crippen LogP contribution in [0.25, 0.3) is 11.0 Å². The molecule has 3 aromatic rings. The van der Waals surface area contributed by atoms with Crippen molar-refractivity contribution in [1.29, 1.82) is 0 Å². The van der Waals surface area contributed by atoms with Crippen LogP contribution in [0.15, 0.2) is 45.8 Å². The number of aryl methyl sites for hydroxylation is 1. The molecular weight excluding hydrogens is 308 g/mol. The Kier molecular flexibility index (Phi) is 4.16. The Labute approximate surface area is 139 Å². The molecule has 2 aromatic carbocycles. The number of rotatable bonds is 4. The van der Waals surface area contributed by atoms with E-state index in [9.17, 15) is 9.90 Å². The van der Waals surface area contributed by atoms with Crippen LogP contribution in [0.2, 0.25) is 0 Å². The fourth-order valence-electron chi connectivity index (χ4n) is 2.73. The van der Waals surface area contributed by atoms with E-state index in [0.29, 0.717) is 28.9 Å². The summed E-state index contributed by atoms with van der Waals surface area (Å²) in [6.07, 6.45) is 1.85. The average molecular weight is 326 g/mol. The molecule has 0 unspecified atom stereocenters. The quantitative estimate of drug-likeness (QED) is 0.795. The van der Waals surface area contributed by atoms with E-state index in [-0.39, 0.29) is 16.6 Å². The lowest BCUT2D eigenvalue weighted by Gasteiger charge is -2.10. The molecule has 124 valence electrons. The SMILES string of the molecule is COc1ccc(Cc2coc3c(C)c(OC)cc(O)c3c2=O)cc1. The van der Waals surface area contributed by atoms with E-state index in [1.807, 2.05) is 24.3 Å². The summed E-state index contributed by atoms with van der Waals surface area (Å²) >= 11 is 0. The van der Waals surface area contributed by atoms with Gasteiger partial charge in [-0.15, -0.1) is 0 Å². The van der Waals surface area contributed by atoms with Gasteiger partial charge < -0.3 is 19.0 Å². The molecule has 0 fully saturated rings. The van der Waals surface area contributed by atoms with Gasteiger partial charge in [-0.25, -0.2) is 0 Å². The summed E-state index contributed by atoms with van der Waals surface area (Å²) in [6, 6.07) is 8.89.